The lowest BCUT2D eigenvalue weighted by Crippen LogP contribution is -2.33. The van der Waals surface area contributed by atoms with E-state index in [0.29, 0.717) is 13.1 Å². The van der Waals surface area contributed by atoms with E-state index in [0.717, 1.165) is 6.42 Å². The van der Waals surface area contributed by atoms with Gasteiger partial charge in [-0.3, -0.25) is 0 Å². The Morgan fingerprint density at radius 3 is 2.06 bits per heavy atom. The molecule has 3 nitrogen and oxygen atoms in total. The van der Waals surface area contributed by atoms with Crippen molar-refractivity contribution in [2.24, 2.45) is 0 Å². The lowest BCUT2D eigenvalue weighted by molar-refractivity contribution is 0.436. The molecule has 4 heteroatoms. The number of nitrogens with zero attached hydrogens (tertiary/aromatic N) is 1. The van der Waals surface area contributed by atoms with Crippen LogP contribution < -0.4 is 0 Å². The number of sulfonamides is 1. The topological polar surface area (TPSA) is 37.4 Å². The van der Waals surface area contributed by atoms with E-state index in [-0.39, 0.29) is 0 Å². The first-order valence-corrected chi connectivity index (χ1v) is 7.87. The molecule has 1 aromatic rings. The molecule has 0 amide bonds. The highest BCUT2D eigenvalue weighted by molar-refractivity contribution is 7.88. The molecule has 1 aliphatic rings. The molecule has 0 radical (unpaired) electrons. The summed E-state index contributed by atoms with van der Waals surface area (Å²) in [4.78, 5) is 0. The van der Waals surface area contributed by atoms with Crippen molar-refractivity contribution in [3.8, 4) is 0 Å². The Morgan fingerprint density at radius 1 is 1.11 bits per heavy atom. The van der Waals surface area contributed by atoms with Crippen molar-refractivity contribution >= 4 is 10.0 Å². The molecule has 0 saturated heterocycles. The predicted octanol–water partition coefficient (Wildman–Crippen LogP) is 2.59. The fraction of sp³-hybridized carbons (Fsp3) is 0.429. The van der Waals surface area contributed by atoms with Gasteiger partial charge < -0.3 is 0 Å². The standard InChI is InChI=1S/C7H13NO2S.C7H8/c1-7-3-5-8(6-4-7)11(2,9)10;1-7-5-3-2-4-6-7/h3H,4-6H2,1-2H3;2-6H,1H3. The van der Waals surface area contributed by atoms with Gasteiger partial charge in [0.15, 0.2) is 0 Å². The summed E-state index contributed by atoms with van der Waals surface area (Å²) < 4.78 is 23.5. The molecule has 0 saturated carbocycles. The summed E-state index contributed by atoms with van der Waals surface area (Å²) in [6.45, 7) is 5.30. The van der Waals surface area contributed by atoms with Gasteiger partial charge in [0.25, 0.3) is 0 Å². The van der Waals surface area contributed by atoms with Crippen LogP contribution in [-0.2, 0) is 10.0 Å². The van der Waals surface area contributed by atoms with E-state index in [9.17, 15) is 8.42 Å². The molecular weight excluding hydrogens is 246 g/mol. The van der Waals surface area contributed by atoms with Crippen molar-refractivity contribution in [1.29, 1.82) is 0 Å². The van der Waals surface area contributed by atoms with Gasteiger partial charge in [-0.15, -0.1) is 0 Å². The van der Waals surface area contributed by atoms with Crippen molar-refractivity contribution in [1.82, 2.24) is 4.31 Å². The number of hydrogen-bond acceptors (Lipinski definition) is 2. The van der Waals surface area contributed by atoms with Crippen molar-refractivity contribution in [2.75, 3.05) is 19.3 Å². The number of benzene rings is 1. The number of aryl methyl sites for hydroxylation is 1. The molecule has 0 aliphatic carbocycles. The minimum absolute atomic E-state index is 0.546. The van der Waals surface area contributed by atoms with Gasteiger partial charge in [0.05, 0.1) is 6.26 Å². The van der Waals surface area contributed by atoms with Crippen LogP contribution in [-0.4, -0.2) is 32.1 Å². The Balaban J connectivity index is 0.000000199. The zero-order valence-corrected chi connectivity index (χ0v) is 12.1. The van der Waals surface area contributed by atoms with Gasteiger partial charge >= 0.3 is 0 Å². The minimum atomic E-state index is -2.96. The maximum Gasteiger partial charge on any atom is 0.211 e. The Labute approximate surface area is 110 Å². The Bertz CT molecular complexity index is 492. The highest BCUT2D eigenvalue weighted by Gasteiger charge is 2.17. The zero-order valence-electron chi connectivity index (χ0n) is 11.3. The second kappa shape index (κ2) is 6.71. The van der Waals surface area contributed by atoms with Gasteiger partial charge in [0, 0.05) is 13.1 Å². The summed E-state index contributed by atoms with van der Waals surface area (Å²) >= 11 is 0. The van der Waals surface area contributed by atoms with Crippen LogP contribution in [0.4, 0.5) is 0 Å². The van der Waals surface area contributed by atoms with Crippen LogP contribution in [0, 0.1) is 6.92 Å². The highest BCUT2D eigenvalue weighted by atomic mass is 32.2. The Hall–Kier alpha value is -1.13. The number of hydrogen-bond donors (Lipinski definition) is 0. The van der Waals surface area contributed by atoms with Crippen molar-refractivity contribution in [3.63, 3.8) is 0 Å². The highest BCUT2D eigenvalue weighted by Crippen LogP contribution is 2.11. The Morgan fingerprint density at radius 2 is 1.72 bits per heavy atom. The van der Waals surface area contributed by atoms with Crippen molar-refractivity contribution in [3.05, 3.63) is 47.5 Å². The fourth-order valence-electron chi connectivity index (χ4n) is 1.59. The van der Waals surface area contributed by atoms with Crippen LogP contribution in [0.15, 0.2) is 42.0 Å². The molecule has 0 spiro atoms. The molecule has 0 bridgehead atoms. The summed E-state index contributed by atoms with van der Waals surface area (Å²) in [5.41, 5.74) is 2.60. The molecule has 1 heterocycles. The third-order valence-corrected chi connectivity index (χ3v) is 4.08. The van der Waals surface area contributed by atoms with E-state index in [2.05, 4.69) is 19.1 Å². The summed E-state index contributed by atoms with van der Waals surface area (Å²) in [5.74, 6) is 0. The first kappa shape index (κ1) is 14.9. The van der Waals surface area contributed by atoms with Gasteiger partial charge in [-0.2, -0.15) is 4.31 Å². The maximum atomic E-state index is 11.0. The van der Waals surface area contributed by atoms with E-state index in [1.165, 1.54) is 21.7 Å². The summed E-state index contributed by atoms with van der Waals surface area (Å²) in [6, 6.07) is 10.3. The molecule has 1 aromatic carbocycles. The van der Waals surface area contributed by atoms with Gasteiger partial charge in [-0.25, -0.2) is 8.42 Å². The van der Waals surface area contributed by atoms with E-state index in [1.54, 1.807) is 0 Å². The third-order valence-electron chi connectivity index (χ3n) is 2.81. The van der Waals surface area contributed by atoms with Crippen LogP contribution >= 0.6 is 0 Å². The first-order valence-electron chi connectivity index (χ1n) is 6.02. The molecule has 0 aromatic heterocycles. The largest absolute Gasteiger partial charge is 0.212 e. The minimum Gasteiger partial charge on any atom is -0.212 e. The lowest BCUT2D eigenvalue weighted by Gasteiger charge is -2.22. The Kier molecular flexibility index (Phi) is 5.56. The second-order valence-electron chi connectivity index (χ2n) is 4.58. The first-order chi connectivity index (χ1) is 8.39. The molecule has 1 aliphatic heterocycles. The molecular formula is C14H21NO2S. The monoisotopic (exact) mass is 267 g/mol. The van der Waals surface area contributed by atoms with Gasteiger partial charge in [0.2, 0.25) is 10.0 Å². The average Bonchev–Trinajstić information content (AvgIpc) is 2.30. The van der Waals surface area contributed by atoms with Crippen LogP contribution in [0.5, 0.6) is 0 Å². The fourth-order valence-corrected chi connectivity index (χ4v) is 2.36. The zero-order chi connectivity index (χ0) is 13.6. The van der Waals surface area contributed by atoms with Crippen molar-refractivity contribution < 1.29 is 8.42 Å². The van der Waals surface area contributed by atoms with E-state index in [4.69, 9.17) is 0 Å². The third kappa shape index (κ3) is 5.47. The second-order valence-corrected chi connectivity index (χ2v) is 6.56. The van der Waals surface area contributed by atoms with Gasteiger partial charge in [-0.05, 0) is 20.3 Å². The van der Waals surface area contributed by atoms with E-state index < -0.39 is 10.0 Å². The van der Waals surface area contributed by atoms with Crippen LogP contribution in [0.3, 0.4) is 0 Å². The van der Waals surface area contributed by atoms with Crippen LogP contribution in [0.2, 0.25) is 0 Å². The maximum absolute atomic E-state index is 11.0. The quantitative estimate of drug-likeness (QED) is 0.733. The summed E-state index contributed by atoms with van der Waals surface area (Å²) in [7, 11) is -2.96. The SMILES string of the molecule is CC1=CCN(S(C)(=O)=O)CC1.Cc1ccccc1. The van der Waals surface area contributed by atoms with Gasteiger partial charge in [0.1, 0.15) is 0 Å². The molecule has 0 atom stereocenters. The van der Waals surface area contributed by atoms with Crippen LogP contribution in [0.25, 0.3) is 0 Å². The molecule has 2 rings (SSSR count). The molecule has 100 valence electrons. The molecule has 18 heavy (non-hydrogen) atoms. The molecule has 0 N–H and O–H groups in total. The van der Waals surface area contributed by atoms with E-state index >= 15 is 0 Å². The average molecular weight is 267 g/mol. The smallest absolute Gasteiger partial charge is 0.211 e. The lowest BCUT2D eigenvalue weighted by atomic mass is 10.1. The van der Waals surface area contributed by atoms with E-state index in [1.807, 2.05) is 31.2 Å². The van der Waals surface area contributed by atoms with Crippen LogP contribution in [0.1, 0.15) is 18.9 Å². The predicted molar refractivity (Wildman–Crippen MR) is 76.0 cm³/mol. The molecule has 0 unspecified atom stereocenters. The summed E-state index contributed by atoms with van der Waals surface area (Å²) in [5, 5.41) is 0. The number of rotatable bonds is 1. The van der Waals surface area contributed by atoms with Crippen molar-refractivity contribution in [2.45, 2.75) is 20.3 Å². The summed E-state index contributed by atoms with van der Waals surface area (Å²) in [6.07, 6.45) is 4.08. The normalized spacial score (nSPS) is 16.5. The molecule has 0 fully saturated rings. The van der Waals surface area contributed by atoms with Gasteiger partial charge in [-0.1, -0.05) is 47.5 Å².